The molecule has 0 amide bonds. The number of aromatic nitrogens is 4. The van der Waals surface area contributed by atoms with Crippen LogP contribution in [0.5, 0.6) is 0 Å². The zero-order chi connectivity index (χ0) is 15.6. The van der Waals surface area contributed by atoms with Gasteiger partial charge in [0.25, 0.3) is 5.56 Å². The van der Waals surface area contributed by atoms with Crippen LogP contribution >= 0.6 is 11.8 Å². The largest absolute Gasteiger partial charge is 0.465 e. The minimum atomic E-state index is -0.344. The van der Waals surface area contributed by atoms with Crippen molar-refractivity contribution in [1.82, 2.24) is 19.6 Å². The average Bonchev–Trinajstić information content (AvgIpc) is 2.85. The summed E-state index contributed by atoms with van der Waals surface area (Å²) in [5.41, 5.74) is 1.19. The summed E-state index contributed by atoms with van der Waals surface area (Å²) in [4.78, 5) is 26.3. The molecule has 0 saturated heterocycles. The Morgan fingerprint density at radius 3 is 2.71 bits per heavy atom. The minimum absolute atomic E-state index is 0.179. The van der Waals surface area contributed by atoms with Gasteiger partial charge in [-0.2, -0.15) is 0 Å². The number of aromatic amines is 1. The van der Waals surface area contributed by atoms with E-state index in [1.807, 2.05) is 13.8 Å². The van der Waals surface area contributed by atoms with Crippen molar-refractivity contribution in [3.8, 4) is 0 Å². The van der Waals surface area contributed by atoms with E-state index in [0.717, 1.165) is 5.69 Å². The molecule has 2 heterocycles. The van der Waals surface area contributed by atoms with Crippen LogP contribution in [0.15, 0.2) is 9.95 Å². The standard InChI is InChI=1S/C13H18N4O3S/c1-5-9(11(19)20-6-2)21-13-16-15-12-14-10(18)7(3)8(4)17(12)13/h9H,5-6H2,1-4H3,(H,14,15,18)/t9-/m1/s1. The number of fused-ring (bicyclic) bond motifs is 1. The van der Waals surface area contributed by atoms with E-state index < -0.39 is 0 Å². The molecule has 0 fully saturated rings. The lowest BCUT2D eigenvalue weighted by Crippen LogP contribution is -2.20. The normalized spacial score (nSPS) is 12.6. The van der Waals surface area contributed by atoms with Gasteiger partial charge in [-0.3, -0.25) is 19.0 Å². The third-order valence-corrected chi connectivity index (χ3v) is 4.53. The highest BCUT2D eigenvalue weighted by Gasteiger charge is 2.23. The first kappa shape index (κ1) is 15.6. The zero-order valence-electron chi connectivity index (χ0n) is 12.5. The molecule has 0 aliphatic carbocycles. The second-order valence-electron chi connectivity index (χ2n) is 4.57. The van der Waals surface area contributed by atoms with E-state index in [0.29, 0.717) is 29.5 Å². The van der Waals surface area contributed by atoms with E-state index in [1.165, 1.54) is 11.8 Å². The molecule has 1 N–H and O–H groups in total. The molecule has 0 spiro atoms. The molecule has 2 aromatic rings. The summed E-state index contributed by atoms with van der Waals surface area (Å²) in [6.45, 7) is 7.61. The maximum Gasteiger partial charge on any atom is 0.319 e. The van der Waals surface area contributed by atoms with Crippen molar-refractivity contribution < 1.29 is 9.53 Å². The van der Waals surface area contributed by atoms with E-state index in [2.05, 4.69) is 15.2 Å². The Bertz CT molecular complexity index is 722. The van der Waals surface area contributed by atoms with Crippen LogP contribution in [0.4, 0.5) is 0 Å². The summed E-state index contributed by atoms with van der Waals surface area (Å²) in [5.74, 6) is 0.116. The molecule has 1 atom stereocenters. The molecule has 0 aliphatic heterocycles. The molecule has 0 unspecified atom stereocenters. The Hall–Kier alpha value is -1.83. The SMILES string of the molecule is CCOC(=O)[C@@H](CC)Sc1nnc2[nH]c(=O)c(C)c(C)n12. The van der Waals surface area contributed by atoms with Gasteiger partial charge in [-0.25, -0.2) is 0 Å². The number of nitrogens with zero attached hydrogens (tertiary/aromatic N) is 3. The van der Waals surface area contributed by atoms with E-state index in [4.69, 9.17) is 4.74 Å². The number of thioether (sulfide) groups is 1. The third kappa shape index (κ3) is 2.94. The molecule has 0 aromatic carbocycles. The molecule has 0 radical (unpaired) electrons. The number of H-pyrrole nitrogens is 1. The van der Waals surface area contributed by atoms with Crippen molar-refractivity contribution in [3.63, 3.8) is 0 Å². The van der Waals surface area contributed by atoms with Crippen LogP contribution in [0, 0.1) is 13.8 Å². The van der Waals surface area contributed by atoms with Crippen molar-refractivity contribution in [2.45, 2.75) is 44.5 Å². The van der Waals surface area contributed by atoms with Crippen molar-refractivity contribution >= 4 is 23.5 Å². The maximum atomic E-state index is 11.9. The summed E-state index contributed by atoms with van der Waals surface area (Å²) in [6.07, 6.45) is 0.625. The summed E-state index contributed by atoms with van der Waals surface area (Å²) >= 11 is 1.29. The number of esters is 1. The molecule has 0 saturated carbocycles. The Labute approximate surface area is 126 Å². The summed E-state index contributed by atoms with van der Waals surface area (Å²) < 4.78 is 6.81. The molecule has 2 aromatic heterocycles. The van der Waals surface area contributed by atoms with Gasteiger partial charge in [-0.15, -0.1) is 10.2 Å². The summed E-state index contributed by atoms with van der Waals surface area (Å²) in [6, 6.07) is 0. The van der Waals surface area contributed by atoms with Crippen molar-refractivity contribution in [2.75, 3.05) is 6.61 Å². The number of carbonyl (C=O) groups is 1. The van der Waals surface area contributed by atoms with Crippen molar-refractivity contribution in [2.24, 2.45) is 0 Å². The van der Waals surface area contributed by atoms with Gasteiger partial charge >= 0.3 is 5.97 Å². The Morgan fingerprint density at radius 1 is 1.38 bits per heavy atom. The number of hydrogen-bond donors (Lipinski definition) is 1. The molecular weight excluding hydrogens is 292 g/mol. The lowest BCUT2D eigenvalue weighted by atomic mass is 10.3. The fourth-order valence-corrected chi connectivity index (χ4v) is 2.92. The molecule has 7 nitrogen and oxygen atoms in total. The van der Waals surface area contributed by atoms with Crippen LogP contribution in [0.25, 0.3) is 5.78 Å². The highest BCUT2D eigenvalue weighted by Crippen LogP contribution is 2.25. The number of rotatable bonds is 5. The molecule has 114 valence electrons. The quantitative estimate of drug-likeness (QED) is 0.664. The van der Waals surface area contributed by atoms with Crippen LogP contribution in [-0.4, -0.2) is 37.4 Å². The Kier molecular flexibility index (Phi) is 4.66. The van der Waals surface area contributed by atoms with Gasteiger partial charge in [0.2, 0.25) is 5.78 Å². The summed E-state index contributed by atoms with van der Waals surface area (Å²) in [7, 11) is 0. The lowest BCUT2D eigenvalue weighted by molar-refractivity contribution is -0.142. The minimum Gasteiger partial charge on any atom is -0.465 e. The van der Waals surface area contributed by atoms with Gasteiger partial charge in [0.15, 0.2) is 5.16 Å². The number of hydrogen-bond acceptors (Lipinski definition) is 6. The van der Waals surface area contributed by atoms with E-state index in [1.54, 1.807) is 18.2 Å². The van der Waals surface area contributed by atoms with Gasteiger partial charge in [0.1, 0.15) is 5.25 Å². The smallest absolute Gasteiger partial charge is 0.319 e. The Balaban J connectivity index is 2.41. The number of aryl methyl sites for hydroxylation is 1. The zero-order valence-corrected chi connectivity index (χ0v) is 13.3. The highest BCUT2D eigenvalue weighted by molar-refractivity contribution is 8.00. The van der Waals surface area contributed by atoms with Gasteiger partial charge in [-0.1, -0.05) is 18.7 Å². The van der Waals surface area contributed by atoms with Crippen LogP contribution in [-0.2, 0) is 9.53 Å². The van der Waals surface area contributed by atoms with Crippen LogP contribution in [0.3, 0.4) is 0 Å². The van der Waals surface area contributed by atoms with Gasteiger partial charge in [0, 0.05) is 11.3 Å². The van der Waals surface area contributed by atoms with E-state index >= 15 is 0 Å². The first-order valence-corrected chi connectivity index (χ1v) is 7.65. The van der Waals surface area contributed by atoms with E-state index in [-0.39, 0.29) is 16.8 Å². The predicted octanol–water partition coefficient (Wildman–Crippen LogP) is 1.47. The van der Waals surface area contributed by atoms with E-state index in [9.17, 15) is 9.59 Å². The van der Waals surface area contributed by atoms with Crippen LogP contribution < -0.4 is 5.56 Å². The van der Waals surface area contributed by atoms with Crippen molar-refractivity contribution in [3.05, 3.63) is 21.6 Å². The highest BCUT2D eigenvalue weighted by atomic mass is 32.2. The van der Waals surface area contributed by atoms with Crippen molar-refractivity contribution in [1.29, 1.82) is 0 Å². The fourth-order valence-electron chi connectivity index (χ4n) is 1.92. The predicted molar refractivity (Wildman–Crippen MR) is 79.7 cm³/mol. The second kappa shape index (κ2) is 6.30. The third-order valence-electron chi connectivity index (χ3n) is 3.25. The lowest BCUT2D eigenvalue weighted by Gasteiger charge is -2.12. The number of ether oxygens (including phenoxy) is 1. The first-order valence-electron chi connectivity index (χ1n) is 6.77. The van der Waals surface area contributed by atoms with Crippen LogP contribution in [0.1, 0.15) is 31.5 Å². The first-order chi connectivity index (χ1) is 9.99. The maximum absolute atomic E-state index is 11.9. The Morgan fingerprint density at radius 2 is 2.10 bits per heavy atom. The average molecular weight is 310 g/mol. The second-order valence-corrected chi connectivity index (χ2v) is 5.74. The molecule has 21 heavy (non-hydrogen) atoms. The molecule has 2 rings (SSSR count). The fraction of sp³-hybridized carbons (Fsp3) is 0.538. The molecule has 0 bridgehead atoms. The number of carbonyl (C=O) groups excluding carboxylic acids is 1. The summed E-state index contributed by atoms with van der Waals surface area (Å²) in [5, 5.41) is 8.25. The molecule has 0 aliphatic rings. The van der Waals surface area contributed by atoms with Crippen LogP contribution in [0.2, 0.25) is 0 Å². The van der Waals surface area contributed by atoms with Gasteiger partial charge in [-0.05, 0) is 27.2 Å². The topological polar surface area (TPSA) is 89.3 Å². The van der Waals surface area contributed by atoms with Gasteiger partial charge < -0.3 is 4.74 Å². The molecule has 8 heteroatoms. The number of nitrogens with one attached hydrogen (secondary N) is 1. The van der Waals surface area contributed by atoms with Gasteiger partial charge in [0.05, 0.1) is 6.61 Å². The monoisotopic (exact) mass is 310 g/mol. The molecular formula is C13H18N4O3S.